The lowest BCUT2D eigenvalue weighted by atomic mass is 9.80. The Hall–Kier alpha value is -0.820. The number of aryl methyl sites for hydroxylation is 1. The fourth-order valence-electron chi connectivity index (χ4n) is 2.96. The van der Waals surface area contributed by atoms with Crippen LogP contribution in [0.5, 0.6) is 0 Å². The number of benzene rings is 2. The summed E-state index contributed by atoms with van der Waals surface area (Å²) in [6.45, 7) is 2.23. The molecule has 0 spiro atoms. The van der Waals surface area contributed by atoms with E-state index in [0.717, 1.165) is 5.92 Å². The zero-order valence-corrected chi connectivity index (χ0v) is 12.4. The van der Waals surface area contributed by atoms with E-state index in [1.807, 2.05) is 0 Å². The second-order valence-corrected chi connectivity index (χ2v) is 6.62. The standard InChI is InChI=1S/C17H19Br/c1-12-9-10-14-7-2-3-8-15(14)17(12)16(18)11-13-5-4-6-13/h2-3,7-10,13,16H,4-6,11H2,1H3. The molecule has 2 aromatic rings. The van der Waals surface area contributed by atoms with Crippen molar-refractivity contribution in [3.05, 3.63) is 47.5 Å². The van der Waals surface area contributed by atoms with Gasteiger partial charge in [-0.2, -0.15) is 0 Å². The van der Waals surface area contributed by atoms with Crippen LogP contribution in [0.2, 0.25) is 0 Å². The van der Waals surface area contributed by atoms with Crippen LogP contribution in [0.15, 0.2) is 36.4 Å². The van der Waals surface area contributed by atoms with Gasteiger partial charge in [-0.15, -0.1) is 0 Å². The largest absolute Gasteiger partial charge is 0.0838 e. The first-order valence-electron chi connectivity index (χ1n) is 6.88. The van der Waals surface area contributed by atoms with Crippen molar-refractivity contribution >= 4 is 26.7 Å². The van der Waals surface area contributed by atoms with Crippen molar-refractivity contribution < 1.29 is 0 Å². The average Bonchev–Trinajstić information content (AvgIpc) is 2.33. The summed E-state index contributed by atoms with van der Waals surface area (Å²) in [6.07, 6.45) is 5.56. The summed E-state index contributed by atoms with van der Waals surface area (Å²) in [6, 6.07) is 13.2. The Labute approximate surface area is 118 Å². The third-order valence-electron chi connectivity index (χ3n) is 4.27. The molecular weight excluding hydrogens is 284 g/mol. The Morgan fingerprint density at radius 1 is 1.17 bits per heavy atom. The molecule has 1 heteroatoms. The highest BCUT2D eigenvalue weighted by molar-refractivity contribution is 9.09. The minimum Gasteiger partial charge on any atom is -0.0838 e. The zero-order valence-electron chi connectivity index (χ0n) is 10.8. The number of fused-ring (bicyclic) bond motifs is 1. The fraction of sp³-hybridized carbons (Fsp3) is 0.412. The monoisotopic (exact) mass is 302 g/mol. The van der Waals surface area contributed by atoms with Gasteiger partial charge in [0, 0.05) is 4.83 Å². The van der Waals surface area contributed by atoms with E-state index in [2.05, 4.69) is 59.3 Å². The lowest BCUT2D eigenvalue weighted by molar-refractivity contribution is 0.296. The first kappa shape index (κ1) is 12.2. The van der Waals surface area contributed by atoms with E-state index < -0.39 is 0 Å². The summed E-state index contributed by atoms with van der Waals surface area (Å²) in [5, 5.41) is 2.77. The molecule has 1 aliphatic carbocycles. The second-order valence-electron chi connectivity index (χ2n) is 5.52. The molecule has 0 nitrogen and oxygen atoms in total. The fourth-order valence-corrected chi connectivity index (χ4v) is 4.10. The third-order valence-corrected chi connectivity index (χ3v) is 5.10. The van der Waals surface area contributed by atoms with E-state index >= 15 is 0 Å². The van der Waals surface area contributed by atoms with Gasteiger partial charge in [0.15, 0.2) is 0 Å². The number of alkyl halides is 1. The first-order valence-corrected chi connectivity index (χ1v) is 7.79. The molecule has 1 atom stereocenters. The summed E-state index contributed by atoms with van der Waals surface area (Å²) in [7, 11) is 0. The number of hydrogen-bond donors (Lipinski definition) is 0. The highest BCUT2D eigenvalue weighted by Gasteiger charge is 2.23. The highest BCUT2D eigenvalue weighted by Crippen LogP contribution is 2.41. The van der Waals surface area contributed by atoms with Crippen molar-refractivity contribution in [2.75, 3.05) is 0 Å². The third kappa shape index (κ3) is 2.21. The quantitative estimate of drug-likeness (QED) is 0.631. The Balaban J connectivity index is 2.00. The molecule has 1 aliphatic rings. The lowest BCUT2D eigenvalue weighted by Gasteiger charge is -2.28. The van der Waals surface area contributed by atoms with Gasteiger partial charge in [-0.3, -0.25) is 0 Å². The summed E-state index contributed by atoms with van der Waals surface area (Å²) < 4.78 is 0. The molecule has 18 heavy (non-hydrogen) atoms. The van der Waals surface area contributed by atoms with Crippen LogP contribution in [0.3, 0.4) is 0 Å². The van der Waals surface area contributed by atoms with Crippen LogP contribution in [0.4, 0.5) is 0 Å². The average molecular weight is 303 g/mol. The lowest BCUT2D eigenvalue weighted by Crippen LogP contribution is -2.13. The van der Waals surface area contributed by atoms with Crippen molar-refractivity contribution in [2.45, 2.75) is 37.4 Å². The van der Waals surface area contributed by atoms with Gasteiger partial charge in [-0.25, -0.2) is 0 Å². The Morgan fingerprint density at radius 2 is 1.94 bits per heavy atom. The topological polar surface area (TPSA) is 0 Å². The van der Waals surface area contributed by atoms with E-state index in [1.54, 1.807) is 0 Å². The van der Waals surface area contributed by atoms with Crippen LogP contribution in [-0.2, 0) is 0 Å². The molecule has 0 aliphatic heterocycles. The smallest absolute Gasteiger partial charge is 0.0406 e. The van der Waals surface area contributed by atoms with Gasteiger partial charge < -0.3 is 0 Å². The van der Waals surface area contributed by atoms with E-state index in [1.165, 1.54) is 47.6 Å². The SMILES string of the molecule is Cc1ccc2ccccc2c1C(Br)CC1CCC1. The minimum atomic E-state index is 0.508. The molecule has 94 valence electrons. The van der Waals surface area contributed by atoms with Crippen molar-refractivity contribution in [1.82, 2.24) is 0 Å². The molecule has 0 saturated heterocycles. The van der Waals surface area contributed by atoms with Gasteiger partial charge >= 0.3 is 0 Å². The first-order chi connectivity index (χ1) is 8.75. The van der Waals surface area contributed by atoms with Crippen LogP contribution in [-0.4, -0.2) is 0 Å². The molecule has 0 heterocycles. The van der Waals surface area contributed by atoms with Gasteiger partial charge in [0.1, 0.15) is 0 Å². The summed E-state index contributed by atoms with van der Waals surface area (Å²) in [4.78, 5) is 0.508. The van der Waals surface area contributed by atoms with E-state index in [-0.39, 0.29) is 0 Å². The molecular formula is C17H19Br. The van der Waals surface area contributed by atoms with E-state index in [0.29, 0.717) is 4.83 Å². The molecule has 0 radical (unpaired) electrons. The summed E-state index contributed by atoms with van der Waals surface area (Å²) >= 11 is 3.93. The molecule has 1 saturated carbocycles. The van der Waals surface area contributed by atoms with Crippen molar-refractivity contribution in [2.24, 2.45) is 5.92 Å². The maximum absolute atomic E-state index is 3.93. The molecule has 0 N–H and O–H groups in total. The van der Waals surface area contributed by atoms with Crippen LogP contribution < -0.4 is 0 Å². The molecule has 0 aromatic heterocycles. The molecule has 0 amide bonds. The van der Waals surface area contributed by atoms with E-state index in [9.17, 15) is 0 Å². The molecule has 2 aromatic carbocycles. The zero-order chi connectivity index (χ0) is 12.5. The molecule has 1 fully saturated rings. The van der Waals surface area contributed by atoms with Crippen molar-refractivity contribution in [3.63, 3.8) is 0 Å². The predicted octanol–water partition coefficient (Wildman–Crippen LogP) is 5.77. The van der Waals surface area contributed by atoms with Crippen molar-refractivity contribution in [1.29, 1.82) is 0 Å². The summed E-state index contributed by atoms with van der Waals surface area (Å²) in [5.74, 6) is 0.938. The normalized spacial score (nSPS) is 17.7. The maximum atomic E-state index is 3.93. The Kier molecular flexibility index (Phi) is 3.43. The van der Waals surface area contributed by atoms with Gasteiger partial charge in [0.05, 0.1) is 0 Å². The predicted molar refractivity (Wildman–Crippen MR) is 82.3 cm³/mol. The number of rotatable bonds is 3. The number of halogens is 1. The van der Waals surface area contributed by atoms with Crippen LogP contribution >= 0.6 is 15.9 Å². The van der Waals surface area contributed by atoms with E-state index in [4.69, 9.17) is 0 Å². The van der Waals surface area contributed by atoms with Crippen LogP contribution in [0.1, 0.15) is 41.6 Å². The van der Waals surface area contributed by atoms with Crippen molar-refractivity contribution in [3.8, 4) is 0 Å². The highest BCUT2D eigenvalue weighted by atomic mass is 79.9. The van der Waals surface area contributed by atoms with Gasteiger partial charge in [-0.05, 0) is 41.2 Å². The van der Waals surface area contributed by atoms with Gasteiger partial charge in [0.25, 0.3) is 0 Å². The molecule has 3 rings (SSSR count). The summed E-state index contributed by atoms with van der Waals surface area (Å²) in [5.41, 5.74) is 2.91. The molecule has 0 bridgehead atoms. The maximum Gasteiger partial charge on any atom is 0.0406 e. The van der Waals surface area contributed by atoms with Gasteiger partial charge in [-0.1, -0.05) is 71.6 Å². The Bertz CT molecular complexity index is 555. The van der Waals surface area contributed by atoms with Gasteiger partial charge in [0.2, 0.25) is 0 Å². The second kappa shape index (κ2) is 5.05. The Morgan fingerprint density at radius 3 is 2.67 bits per heavy atom. The minimum absolute atomic E-state index is 0.508. The molecule has 1 unspecified atom stereocenters. The number of hydrogen-bond acceptors (Lipinski definition) is 0. The van der Waals surface area contributed by atoms with Crippen LogP contribution in [0.25, 0.3) is 10.8 Å². The van der Waals surface area contributed by atoms with Crippen LogP contribution in [0, 0.1) is 12.8 Å².